The normalized spacial score (nSPS) is 31.1. The number of allylic oxidation sites excluding steroid dienone is 2. The maximum Gasteiger partial charge on any atom is 0.177 e. The molecule has 2 bridgehead atoms. The minimum absolute atomic E-state index is 0.115. The van der Waals surface area contributed by atoms with Crippen LogP contribution in [0.1, 0.15) is 30.4 Å². The van der Waals surface area contributed by atoms with Crippen LogP contribution in [0.15, 0.2) is 23.4 Å². The monoisotopic (exact) mass is 284 g/mol. The van der Waals surface area contributed by atoms with Crippen LogP contribution >= 0.6 is 11.6 Å². The van der Waals surface area contributed by atoms with Gasteiger partial charge in [-0.25, -0.2) is 0 Å². The van der Waals surface area contributed by atoms with E-state index in [1.165, 1.54) is 16.5 Å². The molecule has 0 saturated heterocycles. The molecule has 1 heterocycles. The highest BCUT2D eigenvalue weighted by Crippen LogP contribution is 2.63. The third kappa shape index (κ3) is 1.10. The van der Waals surface area contributed by atoms with E-state index in [0.717, 1.165) is 36.8 Å². The van der Waals surface area contributed by atoms with Crippen LogP contribution in [-0.4, -0.2) is 16.0 Å². The van der Waals surface area contributed by atoms with Gasteiger partial charge in [0.25, 0.3) is 0 Å². The van der Waals surface area contributed by atoms with Crippen molar-refractivity contribution in [2.24, 2.45) is 11.3 Å². The number of nitrogens with zero attached hydrogens (tertiary/aromatic N) is 1. The molecule has 2 aromatic rings. The second-order valence-corrected chi connectivity index (χ2v) is 6.75. The maximum absolute atomic E-state index is 12.3. The Balaban J connectivity index is 1.88. The minimum Gasteiger partial charge on any atom is -0.293 e. The fourth-order valence-electron chi connectivity index (χ4n) is 4.60. The van der Waals surface area contributed by atoms with E-state index >= 15 is 0 Å². The van der Waals surface area contributed by atoms with Gasteiger partial charge in [-0.15, -0.1) is 0 Å². The van der Waals surface area contributed by atoms with Gasteiger partial charge in [0, 0.05) is 16.7 Å². The molecule has 2 atom stereocenters. The van der Waals surface area contributed by atoms with Crippen molar-refractivity contribution in [1.82, 2.24) is 10.2 Å². The van der Waals surface area contributed by atoms with Crippen LogP contribution in [0.4, 0.5) is 0 Å². The summed E-state index contributed by atoms with van der Waals surface area (Å²) in [5.74, 6) is 0.315. The Kier molecular flexibility index (Phi) is 1.85. The summed E-state index contributed by atoms with van der Waals surface area (Å²) >= 11 is 6.45. The lowest BCUT2D eigenvalue weighted by Gasteiger charge is -2.30. The van der Waals surface area contributed by atoms with Crippen LogP contribution in [0.2, 0.25) is 0 Å². The minimum atomic E-state index is 0.115. The first kappa shape index (κ1) is 11.1. The van der Waals surface area contributed by atoms with E-state index in [4.69, 9.17) is 11.6 Å². The van der Waals surface area contributed by atoms with Gasteiger partial charge in [-0.2, -0.15) is 5.10 Å². The summed E-state index contributed by atoms with van der Waals surface area (Å²) in [5, 5.41) is 8.85. The molecule has 0 radical (unpaired) electrons. The number of hydrogen-bond donors (Lipinski definition) is 1. The molecule has 0 aliphatic heterocycles. The number of aromatic nitrogens is 2. The van der Waals surface area contributed by atoms with E-state index in [1.807, 2.05) is 12.3 Å². The molecule has 0 amide bonds. The van der Waals surface area contributed by atoms with Crippen LogP contribution in [0.3, 0.4) is 0 Å². The van der Waals surface area contributed by atoms with Gasteiger partial charge in [-0.3, -0.25) is 9.89 Å². The molecule has 100 valence electrons. The Labute approximate surface area is 121 Å². The van der Waals surface area contributed by atoms with Gasteiger partial charge in [0.05, 0.1) is 16.7 Å². The smallest absolute Gasteiger partial charge is 0.177 e. The van der Waals surface area contributed by atoms with E-state index in [9.17, 15) is 4.79 Å². The largest absolute Gasteiger partial charge is 0.293 e. The molecule has 4 heteroatoms. The summed E-state index contributed by atoms with van der Waals surface area (Å²) < 4.78 is 0. The third-order valence-electron chi connectivity index (χ3n) is 5.47. The van der Waals surface area contributed by atoms with Gasteiger partial charge in [0.1, 0.15) is 0 Å². The lowest BCUT2D eigenvalue weighted by Crippen LogP contribution is -2.25. The van der Waals surface area contributed by atoms with E-state index in [0.29, 0.717) is 5.03 Å². The van der Waals surface area contributed by atoms with Crippen molar-refractivity contribution >= 4 is 33.9 Å². The summed E-state index contributed by atoms with van der Waals surface area (Å²) in [5.41, 5.74) is 4.80. The summed E-state index contributed by atoms with van der Waals surface area (Å²) in [6.45, 7) is 0. The van der Waals surface area contributed by atoms with E-state index in [1.54, 1.807) is 0 Å². The molecule has 1 fully saturated rings. The Morgan fingerprint density at radius 2 is 2.30 bits per heavy atom. The molecule has 5 rings (SSSR count). The zero-order chi connectivity index (χ0) is 13.5. The molecule has 20 heavy (non-hydrogen) atoms. The van der Waals surface area contributed by atoms with Crippen molar-refractivity contribution in [1.29, 1.82) is 0 Å². The number of nitrogens with one attached hydrogen (secondary N) is 1. The first-order chi connectivity index (χ1) is 9.70. The van der Waals surface area contributed by atoms with Crippen LogP contribution in [0, 0.1) is 11.3 Å². The highest BCUT2D eigenvalue weighted by Gasteiger charge is 2.54. The lowest BCUT2D eigenvalue weighted by molar-refractivity contribution is -0.118. The molecule has 3 aliphatic rings. The molecule has 1 N–H and O–H groups in total. The van der Waals surface area contributed by atoms with E-state index < -0.39 is 0 Å². The highest BCUT2D eigenvalue weighted by atomic mass is 35.5. The number of Topliss-reactive ketones (excluding diaryl/α,β-unsaturated/α-hetero) is 1. The number of ketones is 1. The zero-order valence-corrected chi connectivity index (χ0v) is 11.6. The number of hydrogen-bond acceptors (Lipinski definition) is 2. The Morgan fingerprint density at radius 3 is 3.20 bits per heavy atom. The first-order valence-corrected chi connectivity index (χ1v) is 7.47. The molecular formula is C16H13ClN2O. The molecule has 1 spiro atoms. The Bertz CT molecular complexity index is 819. The standard InChI is InChI=1S/C16H13ClN2O/c17-14-13-9-1-2-12-11(7-18-19-12)10(9)6-16(13)4-3-8(5-16)15(14)20/h1-2,7-8H,3-6H2,(H,18,19)/t8-,16?/m1/s1. The van der Waals surface area contributed by atoms with Gasteiger partial charge >= 0.3 is 0 Å². The maximum atomic E-state index is 12.3. The summed E-state index contributed by atoms with van der Waals surface area (Å²) in [6, 6.07) is 4.15. The van der Waals surface area contributed by atoms with Gasteiger partial charge in [0.2, 0.25) is 0 Å². The molecule has 3 nitrogen and oxygen atoms in total. The van der Waals surface area contributed by atoms with Crippen LogP contribution in [0.5, 0.6) is 0 Å². The fourth-order valence-corrected chi connectivity index (χ4v) is 5.06. The summed E-state index contributed by atoms with van der Waals surface area (Å²) in [7, 11) is 0. The Morgan fingerprint density at radius 1 is 1.40 bits per heavy atom. The van der Waals surface area contributed by atoms with Gasteiger partial charge in [0.15, 0.2) is 5.78 Å². The van der Waals surface area contributed by atoms with Crippen molar-refractivity contribution in [3.05, 3.63) is 34.5 Å². The van der Waals surface area contributed by atoms with Crippen molar-refractivity contribution in [3.8, 4) is 0 Å². The second-order valence-electron chi connectivity index (χ2n) is 6.37. The number of carbonyl (C=O) groups excluding carboxylic acids is 1. The van der Waals surface area contributed by atoms with Gasteiger partial charge in [-0.1, -0.05) is 17.7 Å². The quantitative estimate of drug-likeness (QED) is 0.805. The SMILES string of the molecule is O=C1C(Cl)=C2c3ccc4[nH]ncc4c3CC23CC[C@@H]1C3. The molecular weight excluding hydrogens is 272 g/mol. The molecule has 1 saturated carbocycles. The number of aromatic amines is 1. The number of benzene rings is 1. The highest BCUT2D eigenvalue weighted by molar-refractivity contribution is 6.46. The van der Waals surface area contributed by atoms with Crippen molar-refractivity contribution in [3.63, 3.8) is 0 Å². The lowest BCUT2D eigenvalue weighted by atomic mass is 9.74. The molecule has 1 aromatic heterocycles. The van der Waals surface area contributed by atoms with Crippen LogP contribution in [0.25, 0.3) is 16.5 Å². The number of fused-ring (bicyclic) bond motifs is 5. The van der Waals surface area contributed by atoms with Crippen molar-refractivity contribution in [2.75, 3.05) is 0 Å². The number of H-pyrrole nitrogens is 1. The number of rotatable bonds is 0. The first-order valence-electron chi connectivity index (χ1n) is 7.09. The predicted molar refractivity (Wildman–Crippen MR) is 77.4 cm³/mol. The second kappa shape index (κ2) is 3.34. The summed E-state index contributed by atoms with van der Waals surface area (Å²) in [6.07, 6.45) is 5.95. The Hall–Kier alpha value is -1.61. The van der Waals surface area contributed by atoms with Crippen molar-refractivity contribution < 1.29 is 4.79 Å². The van der Waals surface area contributed by atoms with Crippen LogP contribution < -0.4 is 0 Å². The zero-order valence-electron chi connectivity index (χ0n) is 10.9. The topological polar surface area (TPSA) is 45.8 Å². The molecule has 3 aliphatic carbocycles. The molecule has 1 unspecified atom stereocenters. The number of halogens is 1. The van der Waals surface area contributed by atoms with Gasteiger partial charge < -0.3 is 0 Å². The average molecular weight is 285 g/mol. The molecule has 1 aromatic carbocycles. The van der Waals surface area contributed by atoms with E-state index in [2.05, 4.69) is 16.3 Å². The van der Waals surface area contributed by atoms with Crippen molar-refractivity contribution in [2.45, 2.75) is 25.7 Å². The third-order valence-corrected chi connectivity index (χ3v) is 5.84. The van der Waals surface area contributed by atoms with Crippen LogP contribution in [-0.2, 0) is 11.2 Å². The average Bonchev–Trinajstić information content (AvgIpc) is 3.11. The number of carbonyl (C=O) groups is 1. The van der Waals surface area contributed by atoms with Gasteiger partial charge in [-0.05, 0) is 48.4 Å². The summed E-state index contributed by atoms with van der Waals surface area (Å²) in [4.78, 5) is 12.3. The fraction of sp³-hybridized carbons (Fsp3) is 0.375. The predicted octanol–water partition coefficient (Wildman–Crippen LogP) is 3.44. The van der Waals surface area contributed by atoms with E-state index in [-0.39, 0.29) is 17.1 Å².